The second-order valence-corrected chi connectivity index (χ2v) is 11.3. The van der Waals surface area contributed by atoms with Crippen molar-refractivity contribution >= 4 is 64.4 Å². The minimum absolute atomic E-state index is 0.0240. The molecule has 212 valence electrons. The topological polar surface area (TPSA) is 103 Å². The molecule has 8 nitrogen and oxygen atoms in total. The normalized spacial score (nSPS) is 15.4. The summed E-state index contributed by atoms with van der Waals surface area (Å²) in [5.74, 6) is 0.0853. The van der Waals surface area contributed by atoms with Crippen LogP contribution < -0.4 is 10.5 Å². The third-order valence-corrected chi connectivity index (χ3v) is 8.30. The van der Waals surface area contributed by atoms with E-state index in [4.69, 9.17) is 39.5 Å². The van der Waals surface area contributed by atoms with Gasteiger partial charge in [0.1, 0.15) is 18.1 Å². The van der Waals surface area contributed by atoms with E-state index in [9.17, 15) is 28.3 Å². The molecule has 0 radical (unpaired) electrons. The molecule has 0 spiro atoms. The second kappa shape index (κ2) is 12.5. The first-order chi connectivity index (χ1) is 18.9. The summed E-state index contributed by atoms with van der Waals surface area (Å²) in [4.78, 5) is 40.6. The third kappa shape index (κ3) is 6.79. The maximum Gasteiger partial charge on any atom is 0.362 e. The molecule has 14 heteroatoms. The van der Waals surface area contributed by atoms with E-state index in [0.717, 1.165) is 36.5 Å². The van der Waals surface area contributed by atoms with Gasteiger partial charge in [0.2, 0.25) is 0 Å². The van der Waals surface area contributed by atoms with Gasteiger partial charge in [-0.05, 0) is 60.1 Å². The van der Waals surface area contributed by atoms with E-state index in [1.807, 2.05) is 18.1 Å². The van der Waals surface area contributed by atoms with Crippen molar-refractivity contribution in [2.75, 3.05) is 31.7 Å². The number of ether oxygens (including phenoxy) is 1. The summed E-state index contributed by atoms with van der Waals surface area (Å²) in [6.07, 6.45) is 0.266. The van der Waals surface area contributed by atoms with E-state index >= 15 is 0 Å². The van der Waals surface area contributed by atoms with Crippen LogP contribution in [0, 0.1) is 0 Å². The average molecular weight is 633 g/mol. The fraction of sp³-hybridized carbons (Fsp3) is 0.269. The summed E-state index contributed by atoms with van der Waals surface area (Å²) >= 11 is 17.7. The largest absolute Gasteiger partial charge is 0.506 e. The number of carbonyl (C=O) groups excluding carboxylic acids is 2. The number of H-pyrrole nitrogens is 1. The van der Waals surface area contributed by atoms with Crippen molar-refractivity contribution in [3.8, 4) is 5.75 Å². The number of pyridine rings is 1. The molecule has 0 atom stereocenters. The number of aldehydes is 1. The first-order valence-corrected chi connectivity index (χ1v) is 13.7. The number of benzene rings is 2. The number of fused-ring (bicyclic) bond motifs is 1. The van der Waals surface area contributed by atoms with Crippen molar-refractivity contribution in [3.05, 3.63) is 79.2 Å². The minimum Gasteiger partial charge on any atom is -0.506 e. The number of carbonyl (C=O) groups is 2. The Morgan fingerprint density at radius 3 is 2.38 bits per heavy atom. The first kappa shape index (κ1) is 30.3. The molecule has 1 fully saturated rings. The Morgan fingerprint density at radius 2 is 1.77 bits per heavy atom. The minimum atomic E-state index is -3.78. The summed E-state index contributed by atoms with van der Waals surface area (Å²) in [6, 6.07) is 9.31. The van der Waals surface area contributed by atoms with Crippen LogP contribution in [-0.2, 0) is 28.0 Å². The molecule has 2 aliphatic rings. The van der Waals surface area contributed by atoms with Gasteiger partial charge in [-0.15, -0.1) is 0 Å². The summed E-state index contributed by atoms with van der Waals surface area (Å²) in [5.41, 5.74) is 0.820. The number of alkyl halides is 3. The maximum atomic E-state index is 13.2. The first-order valence-electron chi connectivity index (χ1n) is 11.7. The van der Waals surface area contributed by atoms with Crippen LogP contribution in [0.2, 0.25) is 10.0 Å². The van der Waals surface area contributed by atoms with Crippen molar-refractivity contribution in [1.29, 1.82) is 0 Å². The zero-order chi connectivity index (χ0) is 29.2. The number of nitrogens with one attached hydrogen (secondary N) is 1. The predicted molar refractivity (Wildman–Crippen MR) is 149 cm³/mol. The summed E-state index contributed by atoms with van der Waals surface area (Å²) < 4.78 is 31.5. The Morgan fingerprint density at radius 1 is 1.12 bits per heavy atom. The standard InChI is InChI=1S/C13H6Cl3F2NO2S.C13H16N2O3/c14-7-2-1-3-8(15)11(7)22-9-4-10(13(16,17)18)19-12(21)6(9)5-20;1-14-6-9-4-11(12(16)5-10(9)7-14)15-2-3-18-8-13(15)17/h1-5H,(H,19,21);4-5,16H,2-3,6-8H2,1H3. The maximum absolute atomic E-state index is 13.2. The molecule has 40 heavy (non-hydrogen) atoms. The zero-order valence-electron chi connectivity index (χ0n) is 20.8. The van der Waals surface area contributed by atoms with E-state index < -0.39 is 16.6 Å². The Balaban J connectivity index is 0.000000188. The van der Waals surface area contributed by atoms with Gasteiger partial charge in [0, 0.05) is 29.4 Å². The number of amides is 1. The molecule has 2 aliphatic heterocycles. The molecule has 0 unspecified atom stereocenters. The average Bonchev–Trinajstić information content (AvgIpc) is 3.24. The van der Waals surface area contributed by atoms with Gasteiger partial charge in [0.25, 0.3) is 11.5 Å². The predicted octanol–water partition coefficient (Wildman–Crippen LogP) is 5.63. The lowest BCUT2D eigenvalue weighted by molar-refractivity contribution is -0.125. The molecule has 0 saturated carbocycles. The number of phenols is 1. The molecule has 3 aromatic rings. The molecular weight excluding hydrogens is 611 g/mol. The lowest BCUT2D eigenvalue weighted by Gasteiger charge is -2.27. The van der Waals surface area contributed by atoms with Gasteiger partial charge in [-0.25, -0.2) is 0 Å². The number of phenolic OH excluding ortho intramolecular Hbond substituents is 1. The van der Waals surface area contributed by atoms with Crippen LogP contribution in [0.25, 0.3) is 0 Å². The molecule has 1 saturated heterocycles. The van der Waals surface area contributed by atoms with Crippen molar-refractivity contribution in [1.82, 2.24) is 9.88 Å². The highest BCUT2D eigenvalue weighted by molar-refractivity contribution is 7.99. The van der Waals surface area contributed by atoms with Gasteiger partial charge in [-0.1, -0.05) is 41.0 Å². The van der Waals surface area contributed by atoms with Crippen LogP contribution >= 0.6 is 46.6 Å². The number of aromatic nitrogens is 1. The van der Waals surface area contributed by atoms with Crippen molar-refractivity contribution in [3.63, 3.8) is 0 Å². The van der Waals surface area contributed by atoms with Gasteiger partial charge in [-0.2, -0.15) is 8.78 Å². The fourth-order valence-electron chi connectivity index (χ4n) is 4.17. The van der Waals surface area contributed by atoms with Crippen molar-refractivity contribution in [2.45, 2.75) is 28.3 Å². The van der Waals surface area contributed by atoms with Crippen LogP contribution in [0.4, 0.5) is 14.5 Å². The van der Waals surface area contributed by atoms with E-state index in [2.05, 4.69) is 4.90 Å². The smallest absolute Gasteiger partial charge is 0.362 e. The highest BCUT2D eigenvalue weighted by Crippen LogP contribution is 2.41. The van der Waals surface area contributed by atoms with E-state index in [1.54, 1.807) is 29.2 Å². The van der Waals surface area contributed by atoms with E-state index in [1.165, 1.54) is 5.56 Å². The molecular formula is C26H22Cl3F2N3O5S. The molecule has 1 amide bonds. The SMILES string of the molecule is CN1Cc2cc(O)c(N3CCOCC3=O)cc2C1.O=Cc1c(Sc2c(Cl)cccc2Cl)cc(C(F)(F)Cl)[nH]c1=O. The highest BCUT2D eigenvalue weighted by Gasteiger charge is 2.31. The summed E-state index contributed by atoms with van der Waals surface area (Å²) in [6.45, 7) is 2.82. The number of halogens is 5. The second-order valence-electron chi connectivity index (χ2n) is 8.94. The number of aromatic amines is 1. The number of hydrogen-bond acceptors (Lipinski definition) is 7. The lowest BCUT2D eigenvalue weighted by atomic mass is 10.1. The summed E-state index contributed by atoms with van der Waals surface area (Å²) in [5, 5.41) is 6.82. The molecule has 5 rings (SSSR count). The van der Waals surface area contributed by atoms with Crippen LogP contribution in [0.5, 0.6) is 5.75 Å². The Hall–Kier alpha value is -2.67. The number of rotatable bonds is 5. The molecule has 2 aromatic carbocycles. The van der Waals surface area contributed by atoms with E-state index in [0.29, 0.717) is 23.7 Å². The molecule has 1 aromatic heterocycles. The molecule has 3 heterocycles. The Labute approximate surface area is 246 Å². The van der Waals surface area contributed by atoms with Gasteiger partial charge < -0.3 is 19.7 Å². The fourth-order valence-corrected chi connectivity index (χ4v) is 5.88. The van der Waals surface area contributed by atoms with Crippen LogP contribution in [0.3, 0.4) is 0 Å². The molecule has 2 N–H and O–H groups in total. The lowest BCUT2D eigenvalue weighted by Crippen LogP contribution is -2.41. The molecule has 0 bridgehead atoms. The number of anilines is 1. The monoisotopic (exact) mass is 631 g/mol. The van der Waals surface area contributed by atoms with Crippen molar-refractivity contribution in [2.24, 2.45) is 0 Å². The Bertz CT molecular complexity index is 1500. The number of hydrogen-bond donors (Lipinski definition) is 2. The van der Waals surface area contributed by atoms with Crippen LogP contribution in [0.15, 0.2) is 51.0 Å². The van der Waals surface area contributed by atoms with Gasteiger partial charge in [0.15, 0.2) is 6.29 Å². The highest BCUT2D eigenvalue weighted by atomic mass is 35.5. The number of nitrogens with zero attached hydrogens (tertiary/aromatic N) is 2. The van der Waals surface area contributed by atoms with Crippen LogP contribution in [-0.4, -0.2) is 54.0 Å². The quantitative estimate of drug-likeness (QED) is 0.278. The zero-order valence-corrected chi connectivity index (χ0v) is 23.9. The summed E-state index contributed by atoms with van der Waals surface area (Å²) in [7, 11) is 2.04. The molecule has 0 aliphatic carbocycles. The third-order valence-electron chi connectivity index (χ3n) is 6.04. The van der Waals surface area contributed by atoms with Gasteiger partial charge in [-0.3, -0.25) is 19.3 Å². The van der Waals surface area contributed by atoms with E-state index in [-0.39, 0.29) is 45.1 Å². The van der Waals surface area contributed by atoms with Crippen molar-refractivity contribution < 1.29 is 28.2 Å². The van der Waals surface area contributed by atoms with Gasteiger partial charge >= 0.3 is 5.38 Å². The number of morpholine rings is 1. The van der Waals surface area contributed by atoms with Crippen LogP contribution in [0.1, 0.15) is 27.2 Å². The van der Waals surface area contributed by atoms with Gasteiger partial charge in [0.05, 0.1) is 27.9 Å². The number of aromatic hydroxyl groups is 1. The Kier molecular flexibility index (Phi) is 9.44.